The number of benzene rings is 2. The third kappa shape index (κ3) is 4.30. The summed E-state index contributed by atoms with van der Waals surface area (Å²) in [5.74, 6) is 0.0380. The van der Waals surface area contributed by atoms with Gasteiger partial charge in [-0.3, -0.25) is 4.79 Å². The van der Waals surface area contributed by atoms with Gasteiger partial charge in [0.15, 0.2) is 0 Å². The predicted molar refractivity (Wildman–Crippen MR) is 86.0 cm³/mol. The second-order valence-electron chi connectivity index (χ2n) is 5.60. The number of carbonyl (C=O) groups excluding carboxylic acids is 1. The Kier molecular flexibility index (Phi) is 5.34. The number of aliphatic hydroxyl groups excluding tert-OH is 1. The van der Waals surface area contributed by atoms with Gasteiger partial charge in [0.2, 0.25) is 5.91 Å². The van der Waals surface area contributed by atoms with Crippen LogP contribution in [0.1, 0.15) is 44.7 Å². The number of hydrogen-bond donors (Lipinski definition) is 2. The van der Waals surface area contributed by atoms with E-state index in [2.05, 4.69) is 29.6 Å². The van der Waals surface area contributed by atoms with Crippen molar-refractivity contribution in [1.29, 1.82) is 0 Å². The molecule has 0 aliphatic rings. The summed E-state index contributed by atoms with van der Waals surface area (Å²) in [5.41, 5.74) is 1.14. The van der Waals surface area contributed by atoms with Crippen LogP contribution in [0.2, 0.25) is 0 Å². The normalized spacial score (nSPS) is 13.9. The molecule has 0 aliphatic heterocycles. The van der Waals surface area contributed by atoms with Crippen molar-refractivity contribution in [3.05, 3.63) is 48.0 Å². The van der Waals surface area contributed by atoms with Gasteiger partial charge in [-0.05, 0) is 43.0 Å². The van der Waals surface area contributed by atoms with Crippen molar-refractivity contribution in [2.45, 2.75) is 45.3 Å². The molecule has 0 heterocycles. The van der Waals surface area contributed by atoms with E-state index in [0.717, 1.165) is 5.56 Å². The number of aliphatic hydroxyl groups is 1. The van der Waals surface area contributed by atoms with Gasteiger partial charge in [-0.15, -0.1) is 0 Å². The molecule has 0 fully saturated rings. The Bertz CT molecular complexity index is 602. The van der Waals surface area contributed by atoms with E-state index in [0.29, 0.717) is 19.3 Å². The van der Waals surface area contributed by atoms with Crippen LogP contribution in [-0.4, -0.2) is 17.1 Å². The fourth-order valence-corrected chi connectivity index (χ4v) is 2.58. The molecule has 2 atom stereocenters. The van der Waals surface area contributed by atoms with Gasteiger partial charge in [0, 0.05) is 6.42 Å². The van der Waals surface area contributed by atoms with Gasteiger partial charge < -0.3 is 10.4 Å². The van der Waals surface area contributed by atoms with Crippen LogP contribution >= 0.6 is 0 Å². The van der Waals surface area contributed by atoms with Gasteiger partial charge >= 0.3 is 0 Å². The Labute approximate surface area is 126 Å². The Morgan fingerprint density at radius 1 is 1.14 bits per heavy atom. The SMILES string of the molecule is C[C@@H](O)CCCC(=O)N[C@H](C)c1cccc2ccccc12. The van der Waals surface area contributed by atoms with Crippen LogP contribution in [-0.2, 0) is 4.79 Å². The Balaban J connectivity index is 2.02. The maximum absolute atomic E-state index is 12.0. The van der Waals surface area contributed by atoms with Crippen molar-refractivity contribution in [3.63, 3.8) is 0 Å². The van der Waals surface area contributed by atoms with Crippen molar-refractivity contribution >= 4 is 16.7 Å². The highest BCUT2D eigenvalue weighted by molar-refractivity contribution is 5.86. The fraction of sp³-hybridized carbons (Fsp3) is 0.389. The summed E-state index contributed by atoms with van der Waals surface area (Å²) in [6.07, 6.45) is 1.50. The minimum atomic E-state index is -0.340. The Hall–Kier alpha value is -1.87. The lowest BCUT2D eigenvalue weighted by Gasteiger charge is -2.17. The minimum absolute atomic E-state index is 0.0184. The third-order valence-corrected chi connectivity index (χ3v) is 3.69. The molecular formula is C18H23NO2. The van der Waals surface area contributed by atoms with Crippen molar-refractivity contribution in [3.8, 4) is 0 Å². The van der Waals surface area contributed by atoms with Gasteiger partial charge in [-0.25, -0.2) is 0 Å². The van der Waals surface area contributed by atoms with E-state index in [-0.39, 0.29) is 18.1 Å². The van der Waals surface area contributed by atoms with E-state index >= 15 is 0 Å². The summed E-state index contributed by atoms with van der Waals surface area (Å²) in [5, 5.41) is 14.6. The van der Waals surface area contributed by atoms with Crippen LogP contribution in [0.3, 0.4) is 0 Å². The molecule has 2 N–H and O–H groups in total. The van der Waals surface area contributed by atoms with E-state index in [1.807, 2.05) is 25.1 Å². The smallest absolute Gasteiger partial charge is 0.220 e. The van der Waals surface area contributed by atoms with Gasteiger partial charge in [0.1, 0.15) is 0 Å². The molecule has 0 saturated heterocycles. The largest absolute Gasteiger partial charge is 0.393 e. The zero-order valence-electron chi connectivity index (χ0n) is 12.7. The van der Waals surface area contributed by atoms with Gasteiger partial charge in [-0.2, -0.15) is 0 Å². The lowest BCUT2D eigenvalue weighted by molar-refractivity contribution is -0.121. The molecule has 2 rings (SSSR count). The van der Waals surface area contributed by atoms with Gasteiger partial charge in [-0.1, -0.05) is 42.5 Å². The van der Waals surface area contributed by atoms with Gasteiger partial charge in [0.05, 0.1) is 12.1 Å². The minimum Gasteiger partial charge on any atom is -0.393 e. The van der Waals surface area contributed by atoms with E-state index in [4.69, 9.17) is 0 Å². The molecule has 0 bridgehead atoms. The van der Waals surface area contributed by atoms with Crippen LogP contribution in [0, 0.1) is 0 Å². The number of rotatable bonds is 6. The van der Waals surface area contributed by atoms with Gasteiger partial charge in [0.25, 0.3) is 0 Å². The average molecular weight is 285 g/mol. The van der Waals surface area contributed by atoms with Crippen LogP contribution in [0.4, 0.5) is 0 Å². The van der Waals surface area contributed by atoms with Crippen LogP contribution in [0.15, 0.2) is 42.5 Å². The lowest BCUT2D eigenvalue weighted by atomic mass is 9.99. The number of amides is 1. The molecule has 2 aromatic carbocycles. The molecule has 3 heteroatoms. The second kappa shape index (κ2) is 7.23. The molecule has 0 radical (unpaired) electrons. The summed E-state index contributed by atoms with van der Waals surface area (Å²) < 4.78 is 0. The van der Waals surface area contributed by atoms with E-state index in [9.17, 15) is 9.90 Å². The van der Waals surface area contributed by atoms with Crippen molar-refractivity contribution in [2.75, 3.05) is 0 Å². The maximum atomic E-state index is 12.0. The molecule has 1 amide bonds. The highest BCUT2D eigenvalue weighted by Gasteiger charge is 2.12. The van der Waals surface area contributed by atoms with Crippen molar-refractivity contribution < 1.29 is 9.90 Å². The summed E-state index contributed by atoms with van der Waals surface area (Å²) in [6, 6.07) is 14.3. The number of hydrogen-bond acceptors (Lipinski definition) is 2. The Morgan fingerprint density at radius 2 is 1.86 bits per heavy atom. The first kappa shape index (κ1) is 15.5. The zero-order chi connectivity index (χ0) is 15.2. The maximum Gasteiger partial charge on any atom is 0.220 e. The molecule has 3 nitrogen and oxygen atoms in total. The molecule has 112 valence electrons. The summed E-state index contributed by atoms with van der Waals surface area (Å²) in [7, 11) is 0. The Morgan fingerprint density at radius 3 is 2.62 bits per heavy atom. The lowest BCUT2D eigenvalue weighted by Crippen LogP contribution is -2.26. The molecule has 0 aliphatic carbocycles. The number of fused-ring (bicyclic) bond motifs is 1. The first-order valence-corrected chi connectivity index (χ1v) is 7.53. The van der Waals surface area contributed by atoms with E-state index < -0.39 is 0 Å². The molecule has 21 heavy (non-hydrogen) atoms. The topological polar surface area (TPSA) is 49.3 Å². The fourth-order valence-electron chi connectivity index (χ4n) is 2.58. The predicted octanol–water partition coefficient (Wildman–Crippen LogP) is 3.57. The first-order chi connectivity index (χ1) is 10.1. The molecule has 0 saturated carbocycles. The standard InChI is InChI=1S/C18H23NO2/c1-13(20)7-5-12-18(21)19-14(2)16-11-6-9-15-8-3-4-10-17(15)16/h3-4,6,8-11,13-14,20H,5,7,12H2,1-2H3,(H,19,21)/t13-,14-/m1/s1. The molecular weight excluding hydrogens is 262 g/mol. The van der Waals surface area contributed by atoms with Crippen LogP contribution in [0.25, 0.3) is 10.8 Å². The van der Waals surface area contributed by atoms with Crippen LogP contribution in [0.5, 0.6) is 0 Å². The highest BCUT2D eigenvalue weighted by atomic mass is 16.3. The summed E-state index contributed by atoms with van der Waals surface area (Å²) in [6.45, 7) is 3.75. The van der Waals surface area contributed by atoms with Crippen molar-refractivity contribution in [2.24, 2.45) is 0 Å². The second-order valence-corrected chi connectivity index (χ2v) is 5.60. The van der Waals surface area contributed by atoms with Crippen molar-refractivity contribution in [1.82, 2.24) is 5.32 Å². The summed E-state index contributed by atoms with van der Waals surface area (Å²) in [4.78, 5) is 12.0. The van der Waals surface area contributed by atoms with E-state index in [1.165, 1.54) is 10.8 Å². The van der Waals surface area contributed by atoms with E-state index in [1.54, 1.807) is 6.92 Å². The zero-order valence-corrected chi connectivity index (χ0v) is 12.7. The number of carbonyl (C=O) groups is 1. The monoisotopic (exact) mass is 285 g/mol. The molecule has 0 aromatic heterocycles. The highest BCUT2D eigenvalue weighted by Crippen LogP contribution is 2.24. The molecule has 0 spiro atoms. The van der Waals surface area contributed by atoms with Crippen LogP contribution < -0.4 is 5.32 Å². The summed E-state index contributed by atoms with van der Waals surface area (Å²) >= 11 is 0. The number of nitrogens with one attached hydrogen (secondary N) is 1. The third-order valence-electron chi connectivity index (χ3n) is 3.69. The average Bonchev–Trinajstić information content (AvgIpc) is 2.46. The quantitative estimate of drug-likeness (QED) is 0.852. The molecule has 0 unspecified atom stereocenters. The molecule has 2 aromatic rings. The first-order valence-electron chi connectivity index (χ1n) is 7.53.